The van der Waals surface area contributed by atoms with Gasteiger partial charge in [-0.3, -0.25) is 0 Å². The van der Waals surface area contributed by atoms with E-state index in [9.17, 15) is 9.59 Å². The zero-order chi connectivity index (χ0) is 34.7. The first-order valence-electron chi connectivity index (χ1n) is 16.3. The fraction of sp³-hybridized carbons (Fsp3) is 0.238. The van der Waals surface area contributed by atoms with E-state index in [-0.39, 0.29) is 12.8 Å². The Hall–Kier alpha value is -5.10. The first-order valence-corrected chi connectivity index (χ1v) is 16.3. The lowest BCUT2D eigenvalue weighted by Crippen LogP contribution is -2.53. The molecule has 48 heavy (non-hydrogen) atoms. The number of carbonyl (C=O) groups is 2. The Bertz CT molecular complexity index is 1940. The van der Waals surface area contributed by atoms with E-state index >= 15 is 0 Å². The normalized spacial score (nSPS) is 13.6. The molecule has 1 heterocycles. The van der Waals surface area contributed by atoms with E-state index in [1.807, 2.05) is 76.2 Å². The first kappa shape index (κ1) is 34.2. The van der Waals surface area contributed by atoms with E-state index in [2.05, 4.69) is 81.0 Å². The molecule has 244 valence electrons. The van der Waals surface area contributed by atoms with Crippen LogP contribution in [0.5, 0.6) is 0 Å². The van der Waals surface area contributed by atoms with Crippen LogP contribution in [0.15, 0.2) is 109 Å². The highest BCUT2D eigenvalue weighted by atomic mass is 16.6. The molecule has 0 radical (unpaired) electrons. The van der Waals surface area contributed by atoms with Crippen LogP contribution in [0.1, 0.15) is 70.1 Å². The fourth-order valence-electron chi connectivity index (χ4n) is 6.66. The van der Waals surface area contributed by atoms with Crippen molar-refractivity contribution in [1.29, 1.82) is 0 Å². The van der Waals surface area contributed by atoms with Gasteiger partial charge in [-0.05, 0) is 118 Å². The monoisotopic (exact) mass is 637 g/mol. The second-order valence-corrected chi connectivity index (χ2v) is 13.5. The van der Waals surface area contributed by atoms with Crippen LogP contribution in [0.3, 0.4) is 0 Å². The maximum absolute atomic E-state index is 13.2. The molecule has 0 amide bonds. The largest absolute Gasteiger partial charge is 0.465 e. The number of hydrogen-bond donors (Lipinski definition) is 0. The summed E-state index contributed by atoms with van der Waals surface area (Å²) >= 11 is 0. The average molecular weight is 638 g/mol. The number of rotatable bonds is 7. The Balaban J connectivity index is 1.91. The lowest BCUT2D eigenvalue weighted by atomic mass is 9.43. The van der Waals surface area contributed by atoms with Crippen molar-refractivity contribution < 1.29 is 19.1 Å². The van der Waals surface area contributed by atoms with Crippen molar-refractivity contribution >= 4 is 41.2 Å². The Morgan fingerprint density at radius 3 is 2.02 bits per heavy atom. The predicted octanol–water partition coefficient (Wildman–Crippen LogP) is 8.67. The molecule has 5 rings (SSSR count). The fourth-order valence-corrected chi connectivity index (χ4v) is 6.66. The van der Waals surface area contributed by atoms with Gasteiger partial charge in [-0.25, -0.2) is 9.59 Å². The van der Waals surface area contributed by atoms with Crippen molar-refractivity contribution in [2.24, 2.45) is 0 Å². The second kappa shape index (κ2) is 13.9. The van der Waals surface area contributed by atoms with Crippen LogP contribution in [0.25, 0.3) is 11.3 Å². The van der Waals surface area contributed by atoms with E-state index in [4.69, 9.17) is 9.47 Å². The SMILES string of the molecule is COC(=O)c1ccc(N2B(c3c(C)cc(C)cc3C)C(/C=C/C(=O)OC(C)(C)C)=C(c3ccccc3C)C=C2c2ccccc2)cc1C. The van der Waals surface area contributed by atoms with Gasteiger partial charge >= 0.3 is 18.8 Å². The molecule has 4 aromatic carbocycles. The van der Waals surface area contributed by atoms with Gasteiger partial charge in [0, 0.05) is 17.5 Å². The van der Waals surface area contributed by atoms with Crippen LogP contribution >= 0.6 is 0 Å². The van der Waals surface area contributed by atoms with Gasteiger partial charge in [0.15, 0.2) is 0 Å². The second-order valence-electron chi connectivity index (χ2n) is 13.5. The molecule has 4 aromatic rings. The van der Waals surface area contributed by atoms with Crippen LogP contribution < -0.4 is 10.3 Å². The average Bonchev–Trinajstić information content (AvgIpc) is 3.02. The van der Waals surface area contributed by atoms with E-state index < -0.39 is 11.6 Å². The number of methoxy groups -OCH3 is 1. The lowest BCUT2D eigenvalue weighted by molar-refractivity contribution is -0.148. The quantitative estimate of drug-likeness (QED) is 0.115. The third kappa shape index (κ3) is 7.23. The molecule has 0 saturated heterocycles. The third-order valence-electron chi connectivity index (χ3n) is 8.62. The van der Waals surface area contributed by atoms with E-state index in [1.165, 1.54) is 12.7 Å². The standard InChI is InChI=1S/C42H44BNO4/c1-27-23-30(4)40(31(5)24-27)43-37(21-22-39(45)48-42(6,7)8)36(34-18-14-13-15-28(34)2)26-38(32-16-11-10-12-17-32)44(43)33-19-20-35(29(3)25-33)41(46)47-9/h10-26H,1-9H3/b22-21+. The first-order chi connectivity index (χ1) is 22.8. The zero-order valence-electron chi connectivity index (χ0n) is 29.5. The number of nitrogens with zero attached hydrogens (tertiary/aromatic N) is 1. The summed E-state index contributed by atoms with van der Waals surface area (Å²) in [4.78, 5) is 28.2. The molecule has 1 aliphatic rings. The maximum Gasteiger partial charge on any atom is 0.338 e. The van der Waals surface area contributed by atoms with E-state index in [0.717, 1.165) is 61.3 Å². The minimum absolute atomic E-state index is 0.345. The molecule has 6 heteroatoms. The Kier molecular flexibility index (Phi) is 9.95. The molecule has 0 bridgehead atoms. The Labute approximate surface area is 285 Å². The molecular formula is C42H44BNO4. The molecule has 0 spiro atoms. The summed E-state index contributed by atoms with van der Waals surface area (Å²) < 4.78 is 10.8. The van der Waals surface area contributed by atoms with Gasteiger partial charge in [0.2, 0.25) is 0 Å². The highest BCUT2D eigenvalue weighted by molar-refractivity contribution is 6.87. The summed E-state index contributed by atoms with van der Waals surface area (Å²) in [6, 6.07) is 29.0. The van der Waals surface area contributed by atoms with Gasteiger partial charge < -0.3 is 14.3 Å². The minimum Gasteiger partial charge on any atom is -0.465 e. The molecule has 5 nitrogen and oxygen atoms in total. The smallest absolute Gasteiger partial charge is 0.338 e. The lowest BCUT2D eigenvalue weighted by Gasteiger charge is -2.40. The number of ether oxygens (including phenoxy) is 2. The van der Waals surface area contributed by atoms with Crippen LogP contribution in [0.2, 0.25) is 0 Å². The van der Waals surface area contributed by atoms with Gasteiger partial charge in [0.05, 0.1) is 12.7 Å². The molecule has 0 aliphatic carbocycles. The summed E-state index contributed by atoms with van der Waals surface area (Å²) in [5.74, 6) is -0.779. The molecule has 0 atom stereocenters. The molecule has 0 fully saturated rings. The van der Waals surface area contributed by atoms with Gasteiger partial charge in [-0.1, -0.05) is 89.5 Å². The Morgan fingerprint density at radius 1 is 0.771 bits per heavy atom. The summed E-state index contributed by atoms with van der Waals surface area (Å²) in [7, 11) is 1.40. The molecule has 0 unspecified atom stereocenters. The van der Waals surface area contributed by atoms with Crippen LogP contribution in [0, 0.1) is 34.6 Å². The van der Waals surface area contributed by atoms with Crippen molar-refractivity contribution in [2.75, 3.05) is 11.9 Å². The highest BCUT2D eigenvalue weighted by Crippen LogP contribution is 2.41. The molecule has 1 aliphatic heterocycles. The topological polar surface area (TPSA) is 55.8 Å². The van der Waals surface area contributed by atoms with Gasteiger partial charge in [0.1, 0.15) is 5.60 Å². The summed E-state index contributed by atoms with van der Waals surface area (Å²) in [5.41, 5.74) is 12.5. The number of allylic oxidation sites excluding steroid dienone is 4. The van der Waals surface area contributed by atoms with Crippen LogP contribution in [-0.2, 0) is 14.3 Å². The van der Waals surface area contributed by atoms with Gasteiger partial charge in [-0.15, -0.1) is 0 Å². The van der Waals surface area contributed by atoms with Crippen molar-refractivity contribution in [3.63, 3.8) is 0 Å². The summed E-state index contributed by atoms with van der Waals surface area (Å²) in [5, 5.41) is 0. The van der Waals surface area contributed by atoms with Crippen molar-refractivity contribution in [3.8, 4) is 0 Å². The molecule has 0 saturated carbocycles. The van der Waals surface area contributed by atoms with Crippen molar-refractivity contribution in [2.45, 2.75) is 61.0 Å². The summed E-state index contributed by atoms with van der Waals surface area (Å²) in [6.07, 6.45) is 5.71. The van der Waals surface area contributed by atoms with Crippen molar-refractivity contribution in [1.82, 2.24) is 0 Å². The van der Waals surface area contributed by atoms with Gasteiger partial charge in [-0.2, -0.15) is 0 Å². The van der Waals surface area contributed by atoms with E-state index in [1.54, 1.807) is 6.08 Å². The molecule has 0 aromatic heterocycles. The van der Waals surface area contributed by atoms with Crippen LogP contribution in [-0.4, -0.2) is 31.5 Å². The highest BCUT2D eigenvalue weighted by Gasteiger charge is 2.39. The predicted molar refractivity (Wildman–Crippen MR) is 199 cm³/mol. The number of esters is 2. The van der Waals surface area contributed by atoms with Crippen LogP contribution in [0.4, 0.5) is 5.69 Å². The summed E-state index contributed by atoms with van der Waals surface area (Å²) in [6.45, 7) is 15.7. The van der Waals surface area contributed by atoms with Gasteiger partial charge in [0.25, 0.3) is 0 Å². The molecule has 0 N–H and O–H groups in total. The third-order valence-corrected chi connectivity index (χ3v) is 8.62. The number of hydrogen-bond acceptors (Lipinski definition) is 5. The van der Waals surface area contributed by atoms with E-state index in [0.29, 0.717) is 5.56 Å². The molecular weight excluding hydrogens is 593 g/mol. The number of benzene rings is 4. The number of aryl methyl sites for hydroxylation is 5. The Morgan fingerprint density at radius 2 is 1.42 bits per heavy atom. The minimum atomic E-state index is -0.629. The number of anilines is 1. The number of carbonyl (C=O) groups excluding carboxylic acids is 2. The zero-order valence-corrected chi connectivity index (χ0v) is 29.5. The van der Waals surface area contributed by atoms with Crippen molar-refractivity contribution in [3.05, 3.63) is 153 Å². The maximum atomic E-state index is 13.2.